The van der Waals surface area contributed by atoms with Crippen molar-refractivity contribution in [2.24, 2.45) is 5.92 Å². The molecule has 2 N–H and O–H groups in total. The zero-order chi connectivity index (χ0) is 21.7. The summed E-state index contributed by atoms with van der Waals surface area (Å²) < 4.78 is 11.3. The van der Waals surface area contributed by atoms with Crippen LogP contribution in [0.1, 0.15) is 25.5 Å². The Hall–Kier alpha value is -2.51. The molecular formula is C22H22BrClN2O4. The van der Waals surface area contributed by atoms with E-state index in [2.05, 4.69) is 26.6 Å². The van der Waals surface area contributed by atoms with Crippen molar-refractivity contribution in [2.45, 2.75) is 19.9 Å². The first-order valence-electron chi connectivity index (χ1n) is 9.56. The fourth-order valence-corrected chi connectivity index (χ4v) is 3.77. The van der Waals surface area contributed by atoms with Gasteiger partial charge in [-0.25, -0.2) is 4.79 Å². The Morgan fingerprint density at radius 3 is 2.43 bits per heavy atom. The maximum atomic E-state index is 13.0. The predicted octanol–water partition coefficient (Wildman–Crippen LogP) is 5.31. The van der Waals surface area contributed by atoms with Crippen LogP contribution in [0.2, 0.25) is 5.02 Å². The molecule has 0 bridgehead atoms. The van der Waals surface area contributed by atoms with Gasteiger partial charge in [0.15, 0.2) is 0 Å². The second-order valence-electron chi connectivity index (χ2n) is 6.57. The summed E-state index contributed by atoms with van der Waals surface area (Å²) in [6.45, 7) is 3.92. The molecule has 6 nitrogen and oxygen atoms in total. The number of rotatable bonds is 5. The number of fused-ring (bicyclic) bond motifs is 1. The van der Waals surface area contributed by atoms with Gasteiger partial charge in [0.05, 0.1) is 30.6 Å². The summed E-state index contributed by atoms with van der Waals surface area (Å²) >= 11 is 9.54. The lowest BCUT2D eigenvalue weighted by Crippen LogP contribution is -2.32. The van der Waals surface area contributed by atoms with E-state index in [-0.39, 0.29) is 13.2 Å². The van der Waals surface area contributed by atoms with Crippen LogP contribution in [-0.4, -0.2) is 25.2 Å². The fraction of sp³-hybridized carbons (Fsp3) is 0.273. The number of benzene rings is 2. The number of carbonyl (C=O) groups excluding carboxylic acids is 2. The normalized spacial score (nSPS) is 19.1. The maximum Gasteiger partial charge on any atom is 0.332 e. The molecule has 2 aromatic rings. The van der Waals surface area contributed by atoms with Crippen molar-refractivity contribution in [1.29, 1.82) is 0 Å². The zero-order valence-electron chi connectivity index (χ0n) is 16.6. The van der Waals surface area contributed by atoms with Gasteiger partial charge in [0.1, 0.15) is 5.92 Å². The number of ether oxygens (including phenoxy) is 2. The highest BCUT2D eigenvalue weighted by Crippen LogP contribution is 2.41. The van der Waals surface area contributed by atoms with E-state index in [4.69, 9.17) is 21.1 Å². The minimum Gasteiger partial charge on any atom is -0.465 e. The van der Waals surface area contributed by atoms with Crippen LogP contribution in [0.3, 0.4) is 0 Å². The van der Waals surface area contributed by atoms with Gasteiger partial charge in [-0.3, -0.25) is 4.79 Å². The molecule has 0 amide bonds. The van der Waals surface area contributed by atoms with E-state index in [1.165, 1.54) is 6.08 Å². The molecule has 0 aromatic heterocycles. The average Bonchev–Trinajstić information content (AvgIpc) is 2.85. The number of nitrogens with one attached hydrogen (secondary N) is 2. The van der Waals surface area contributed by atoms with Gasteiger partial charge >= 0.3 is 11.9 Å². The maximum absolute atomic E-state index is 13.0. The molecule has 30 heavy (non-hydrogen) atoms. The number of anilines is 2. The van der Waals surface area contributed by atoms with E-state index < -0.39 is 23.9 Å². The number of hydrogen-bond acceptors (Lipinski definition) is 6. The van der Waals surface area contributed by atoms with Crippen molar-refractivity contribution in [3.8, 4) is 0 Å². The molecule has 158 valence electrons. The molecule has 2 atom stereocenters. The first-order chi connectivity index (χ1) is 14.4. The molecule has 1 aliphatic heterocycles. The molecule has 1 heterocycles. The summed E-state index contributed by atoms with van der Waals surface area (Å²) in [5.74, 6) is -1.81. The van der Waals surface area contributed by atoms with Crippen molar-refractivity contribution >= 4 is 50.8 Å². The van der Waals surface area contributed by atoms with Crippen LogP contribution in [0, 0.1) is 5.92 Å². The number of esters is 2. The molecule has 1 aliphatic rings. The van der Waals surface area contributed by atoms with Gasteiger partial charge in [0.25, 0.3) is 0 Å². The summed E-state index contributed by atoms with van der Waals surface area (Å²) in [6.07, 6.45) is 1.31. The molecule has 0 fully saturated rings. The third-order valence-corrected chi connectivity index (χ3v) is 5.31. The van der Waals surface area contributed by atoms with E-state index in [1.54, 1.807) is 26.0 Å². The Morgan fingerprint density at radius 1 is 1.07 bits per heavy atom. The van der Waals surface area contributed by atoms with Crippen LogP contribution in [0.25, 0.3) is 0 Å². The second kappa shape index (κ2) is 10.00. The van der Waals surface area contributed by atoms with E-state index >= 15 is 0 Å². The summed E-state index contributed by atoms with van der Waals surface area (Å²) in [5, 5.41) is 7.24. The third kappa shape index (κ3) is 5.15. The number of carbonyl (C=O) groups is 2. The molecule has 0 unspecified atom stereocenters. The zero-order valence-corrected chi connectivity index (χ0v) is 18.9. The highest BCUT2D eigenvalue weighted by Gasteiger charge is 2.37. The minimum absolute atomic E-state index is 0.216. The highest BCUT2D eigenvalue weighted by atomic mass is 79.9. The Morgan fingerprint density at radius 2 is 1.77 bits per heavy atom. The molecule has 0 saturated heterocycles. The van der Waals surface area contributed by atoms with Crippen molar-refractivity contribution in [1.82, 2.24) is 0 Å². The monoisotopic (exact) mass is 492 g/mol. The summed E-state index contributed by atoms with van der Waals surface area (Å²) in [4.78, 5) is 25.3. The molecule has 0 spiro atoms. The molecular weight excluding hydrogens is 472 g/mol. The SMILES string of the molecule is CCOC(=O)/C=C1\Nc2ccc(Br)cc2N[C@@H](c2ccc(Cl)cc2)[C@@H]1C(=O)OCC. The molecule has 2 aromatic carbocycles. The van der Waals surface area contributed by atoms with Gasteiger partial charge in [0, 0.05) is 21.3 Å². The first kappa shape index (κ1) is 22.2. The Bertz CT molecular complexity index is 962. The average molecular weight is 494 g/mol. The van der Waals surface area contributed by atoms with Gasteiger partial charge in [-0.15, -0.1) is 0 Å². The van der Waals surface area contributed by atoms with Crippen LogP contribution in [0.15, 0.2) is 58.7 Å². The van der Waals surface area contributed by atoms with Crippen LogP contribution in [-0.2, 0) is 19.1 Å². The second-order valence-corrected chi connectivity index (χ2v) is 7.92. The number of halogens is 2. The van der Waals surface area contributed by atoms with E-state index in [9.17, 15) is 9.59 Å². The van der Waals surface area contributed by atoms with Crippen molar-refractivity contribution < 1.29 is 19.1 Å². The molecule has 0 aliphatic carbocycles. The lowest BCUT2D eigenvalue weighted by Gasteiger charge is -2.26. The van der Waals surface area contributed by atoms with Gasteiger partial charge < -0.3 is 20.1 Å². The molecule has 8 heteroatoms. The smallest absolute Gasteiger partial charge is 0.332 e. The summed E-state index contributed by atoms with van der Waals surface area (Å²) in [6, 6.07) is 12.3. The van der Waals surface area contributed by atoms with Crippen LogP contribution in [0.4, 0.5) is 11.4 Å². The van der Waals surface area contributed by atoms with E-state index in [1.807, 2.05) is 30.3 Å². The standard InChI is InChI=1S/C22H22BrClN2O4/c1-3-29-19(27)12-18-20(22(28)30-4-2)21(13-5-8-15(24)9-6-13)26-17-11-14(23)7-10-16(17)25-18/h5-12,20-21,25-26H,3-4H2,1-2H3/b18-12-/t20-,21+/m1/s1. The predicted molar refractivity (Wildman–Crippen MR) is 120 cm³/mol. The lowest BCUT2D eigenvalue weighted by atomic mass is 9.90. The molecule has 0 radical (unpaired) electrons. The summed E-state index contributed by atoms with van der Waals surface area (Å²) in [7, 11) is 0. The van der Waals surface area contributed by atoms with Crippen LogP contribution < -0.4 is 10.6 Å². The largest absolute Gasteiger partial charge is 0.465 e. The van der Waals surface area contributed by atoms with Gasteiger partial charge in [0.2, 0.25) is 0 Å². The van der Waals surface area contributed by atoms with Crippen LogP contribution in [0.5, 0.6) is 0 Å². The Kier molecular flexibility index (Phi) is 7.39. The number of hydrogen-bond donors (Lipinski definition) is 2. The molecule has 0 saturated carbocycles. The van der Waals surface area contributed by atoms with Gasteiger partial charge in [-0.2, -0.15) is 0 Å². The van der Waals surface area contributed by atoms with Gasteiger partial charge in [-0.1, -0.05) is 39.7 Å². The third-order valence-electron chi connectivity index (χ3n) is 4.57. The quantitative estimate of drug-likeness (QED) is 0.434. The van der Waals surface area contributed by atoms with Crippen molar-refractivity contribution in [3.63, 3.8) is 0 Å². The van der Waals surface area contributed by atoms with Gasteiger partial charge in [-0.05, 0) is 49.7 Å². The van der Waals surface area contributed by atoms with Crippen LogP contribution >= 0.6 is 27.5 Å². The first-order valence-corrected chi connectivity index (χ1v) is 10.7. The minimum atomic E-state index is -0.818. The van der Waals surface area contributed by atoms with E-state index in [0.29, 0.717) is 10.7 Å². The summed E-state index contributed by atoms with van der Waals surface area (Å²) in [5.41, 5.74) is 2.70. The Labute approximate surface area is 188 Å². The van der Waals surface area contributed by atoms with Crippen molar-refractivity contribution in [3.05, 3.63) is 69.3 Å². The highest BCUT2D eigenvalue weighted by molar-refractivity contribution is 9.10. The fourth-order valence-electron chi connectivity index (χ4n) is 3.29. The van der Waals surface area contributed by atoms with E-state index in [0.717, 1.165) is 21.4 Å². The van der Waals surface area contributed by atoms with Crippen molar-refractivity contribution in [2.75, 3.05) is 23.8 Å². The molecule has 3 rings (SSSR count). The lowest BCUT2D eigenvalue weighted by molar-refractivity contribution is -0.147. The Balaban J connectivity index is 2.17. The topological polar surface area (TPSA) is 76.7 Å².